The summed E-state index contributed by atoms with van der Waals surface area (Å²) in [5.41, 5.74) is -0.813. The largest absolute Gasteiger partial charge is 0.481 e. The minimum atomic E-state index is -0.843. The van der Waals surface area contributed by atoms with Gasteiger partial charge in [0.05, 0.1) is 11.3 Å². The molecule has 142 valence electrons. The van der Waals surface area contributed by atoms with Gasteiger partial charge in [-0.2, -0.15) is 0 Å². The molecule has 0 aromatic heterocycles. The van der Waals surface area contributed by atoms with E-state index in [1.165, 1.54) is 25.7 Å². The number of carboxylic acids is 2. The number of hydrogen-bond acceptors (Lipinski definition) is 2. The molecule has 0 fully saturated rings. The number of carboxylic acid groups (broad SMARTS) is 2. The van der Waals surface area contributed by atoms with Gasteiger partial charge < -0.3 is 10.2 Å². The minimum Gasteiger partial charge on any atom is -0.481 e. The summed E-state index contributed by atoms with van der Waals surface area (Å²) in [4.78, 5) is 22.8. The fraction of sp³-hybridized carbons (Fsp3) is 0.900. The van der Waals surface area contributed by atoms with Crippen molar-refractivity contribution >= 4 is 11.9 Å². The molecule has 0 spiro atoms. The molecule has 0 radical (unpaired) electrons. The maximum atomic E-state index is 11.8. The van der Waals surface area contributed by atoms with Crippen LogP contribution in [-0.2, 0) is 9.59 Å². The Bertz CT molecular complexity index is 367. The fourth-order valence-corrected chi connectivity index (χ4v) is 3.29. The average Bonchev–Trinajstić information content (AvgIpc) is 2.53. The lowest BCUT2D eigenvalue weighted by Gasteiger charge is -2.30. The van der Waals surface area contributed by atoms with Crippen molar-refractivity contribution in [2.45, 2.75) is 98.3 Å². The molecule has 0 saturated heterocycles. The van der Waals surface area contributed by atoms with Crippen molar-refractivity contribution in [3.05, 3.63) is 0 Å². The summed E-state index contributed by atoms with van der Waals surface area (Å²) in [5.74, 6) is -1.68. The van der Waals surface area contributed by atoms with Crippen LogP contribution < -0.4 is 0 Å². The Morgan fingerprint density at radius 3 is 2.00 bits per heavy atom. The van der Waals surface area contributed by atoms with Gasteiger partial charge >= 0.3 is 11.9 Å². The smallest absolute Gasteiger partial charge is 0.309 e. The van der Waals surface area contributed by atoms with Gasteiger partial charge in [0.1, 0.15) is 0 Å². The third-order valence-electron chi connectivity index (χ3n) is 5.24. The van der Waals surface area contributed by atoms with E-state index in [-0.39, 0.29) is 0 Å². The molecule has 0 heterocycles. The Morgan fingerprint density at radius 1 is 0.917 bits per heavy atom. The molecule has 0 saturated carbocycles. The lowest BCUT2D eigenvalue weighted by Crippen LogP contribution is -2.31. The van der Waals surface area contributed by atoms with Crippen LogP contribution in [0.1, 0.15) is 98.3 Å². The van der Waals surface area contributed by atoms with Gasteiger partial charge in [0, 0.05) is 0 Å². The summed E-state index contributed by atoms with van der Waals surface area (Å²) in [5, 5.41) is 18.8. The predicted molar refractivity (Wildman–Crippen MR) is 98.2 cm³/mol. The van der Waals surface area contributed by atoms with E-state index in [9.17, 15) is 14.7 Å². The summed E-state index contributed by atoms with van der Waals surface area (Å²) in [6.45, 7) is 7.82. The quantitative estimate of drug-likeness (QED) is 0.372. The molecule has 0 amide bonds. The van der Waals surface area contributed by atoms with Crippen molar-refractivity contribution in [1.82, 2.24) is 0 Å². The van der Waals surface area contributed by atoms with Crippen LogP contribution in [0.3, 0.4) is 0 Å². The Balaban J connectivity index is 4.75. The van der Waals surface area contributed by atoms with Gasteiger partial charge in [0.15, 0.2) is 0 Å². The second-order valence-electron chi connectivity index (χ2n) is 7.71. The standard InChI is InChI=1S/C20H38O4/c1-5-7-9-10-12-17(11-8-6-2)15-20(4,19(23)24)14-13-16(3)18(21)22/h16-17H,5-15H2,1-4H3,(H,21,22)(H,23,24). The highest BCUT2D eigenvalue weighted by atomic mass is 16.4. The SMILES string of the molecule is CCCCCCC(CCCC)CC(C)(CCC(C)C(=O)O)C(=O)O. The van der Waals surface area contributed by atoms with E-state index in [0.29, 0.717) is 25.2 Å². The van der Waals surface area contributed by atoms with Crippen molar-refractivity contribution in [2.24, 2.45) is 17.3 Å². The summed E-state index contributed by atoms with van der Waals surface area (Å²) < 4.78 is 0. The molecule has 4 heteroatoms. The monoisotopic (exact) mass is 342 g/mol. The molecule has 2 N–H and O–H groups in total. The second-order valence-corrected chi connectivity index (χ2v) is 7.71. The van der Waals surface area contributed by atoms with Gasteiger partial charge in [0.2, 0.25) is 0 Å². The third kappa shape index (κ3) is 9.29. The summed E-state index contributed by atoms with van der Waals surface area (Å²) in [6, 6.07) is 0. The molecule has 0 aliphatic carbocycles. The van der Waals surface area contributed by atoms with E-state index in [4.69, 9.17) is 5.11 Å². The lowest BCUT2D eigenvalue weighted by molar-refractivity contribution is -0.151. The van der Waals surface area contributed by atoms with Gasteiger partial charge in [-0.3, -0.25) is 9.59 Å². The van der Waals surface area contributed by atoms with Crippen molar-refractivity contribution in [3.8, 4) is 0 Å². The van der Waals surface area contributed by atoms with Crippen LogP contribution >= 0.6 is 0 Å². The highest BCUT2D eigenvalue weighted by Gasteiger charge is 2.36. The van der Waals surface area contributed by atoms with Gasteiger partial charge in [0.25, 0.3) is 0 Å². The number of unbranched alkanes of at least 4 members (excludes halogenated alkanes) is 4. The maximum absolute atomic E-state index is 11.8. The van der Waals surface area contributed by atoms with E-state index < -0.39 is 23.3 Å². The van der Waals surface area contributed by atoms with E-state index in [2.05, 4.69) is 13.8 Å². The summed E-state index contributed by atoms with van der Waals surface area (Å²) in [6.07, 6.45) is 10.8. The highest BCUT2D eigenvalue weighted by Crippen LogP contribution is 2.37. The molecule has 4 nitrogen and oxygen atoms in total. The average molecular weight is 343 g/mol. The lowest BCUT2D eigenvalue weighted by atomic mass is 9.74. The van der Waals surface area contributed by atoms with Gasteiger partial charge in [-0.1, -0.05) is 72.1 Å². The molecule has 0 aromatic carbocycles. The summed E-state index contributed by atoms with van der Waals surface area (Å²) in [7, 11) is 0. The van der Waals surface area contributed by atoms with Crippen LogP contribution in [0.15, 0.2) is 0 Å². The predicted octanol–water partition coefficient (Wildman–Crippen LogP) is 5.75. The number of carbonyl (C=O) groups is 2. The highest BCUT2D eigenvalue weighted by molar-refractivity contribution is 5.74. The normalized spacial score (nSPS) is 16.3. The molecule has 0 bridgehead atoms. The third-order valence-corrected chi connectivity index (χ3v) is 5.24. The Kier molecular flexibility index (Phi) is 11.8. The Hall–Kier alpha value is -1.06. The first-order valence-electron chi connectivity index (χ1n) is 9.73. The van der Waals surface area contributed by atoms with Crippen molar-refractivity contribution in [1.29, 1.82) is 0 Å². The Morgan fingerprint density at radius 2 is 1.50 bits per heavy atom. The molecular weight excluding hydrogens is 304 g/mol. The van der Waals surface area contributed by atoms with Crippen molar-refractivity contribution < 1.29 is 19.8 Å². The maximum Gasteiger partial charge on any atom is 0.309 e. The first kappa shape index (κ1) is 22.9. The molecule has 3 atom stereocenters. The van der Waals surface area contributed by atoms with Crippen molar-refractivity contribution in [2.75, 3.05) is 0 Å². The van der Waals surface area contributed by atoms with Crippen LogP contribution in [0.5, 0.6) is 0 Å². The molecular formula is C20H38O4. The van der Waals surface area contributed by atoms with E-state index in [1.54, 1.807) is 13.8 Å². The molecule has 0 aromatic rings. The van der Waals surface area contributed by atoms with Gasteiger partial charge in [-0.15, -0.1) is 0 Å². The first-order valence-corrected chi connectivity index (χ1v) is 9.73. The van der Waals surface area contributed by atoms with E-state index in [0.717, 1.165) is 25.7 Å². The van der Waals surface area contributed by atoms with Gasteiger partial charge in [-0.25, -0.2) is 0 Å². The zero-order valence-corrected chi connectivity index (χ0v) is 16.1. The van der Waals surface area contributed by atoms with Crippen molar-refractivity contribution in [3.63, 3.8) is 0 Å². The topological polar surface area (TPSA) is 74.6 Å². The molecule has 24 heavy (non-hydrogen) atoms. The first-order chi connectivity index (χ1) is 11.3. The van der Waals surface area contributed by atoms with Crippen LogP contribution in [0.2, 0.25) is 0 Å². The number of rotatable bonds is 15. The van der Waals surface area contributed by atoms with Crippen LogP contribution in [0.25, 0.3) is 0 Å². The number of aliphatic carboxylic acids is 2. The zero-order chi connectivity index (χ0) is 18.6. The molecule has 0 aliphatic rings. The molecule has 0 aliphatic heterocycles. The summed E-state index contributed by atoms with van der Waals surface area (Å²) >= 11 is 0. The van der Waals surface area contributed by atoms with E-state index >= 15 is 0 Å². The number of hydrogen-bond donors (Lipinski definition) is 2. The fourth-order valence-electron chi connectivity index (χ4n) is 3.29. The molecule has 0 rings (SSSR count). The second kappa shape index (κ2) is 12.3. The zero-order valence-electron chi connectivity index (χ0n) is 16.1. The van der Waals surface area contributed by atoms with Crippen LogP contribution in [-0.4, -0.2) is 22.2 Å². The minimum absolute atomic E-state index is 0.425. The van der Waals surface area contributed by atoms with E-state index in [1.807, 2.05) is 0 Å². The Labute approximate surface area is 148 Å². The van der Waals surface area contributed by atoms with Crippen LogP contribution in [0.4, 0.5) is 0 Å². The van der Waals surface area contributed by atoms with Crippen LogP contribution in [0, 0.1) is 17.3 Å². The molecule has 3 unspecified atom stereocenters. The van der Waals surface area contributed by atoms with Gasteiger partial charge in [-0.05, 0) is 32.1 Å².